The standard InChI is InChI=1S/C4H12N2O/c1-3(5)2-4(6)7/h3-4,7H,2,5-6H2,1H3. The van der Waals surface area contributed by atoms with Crippen molar-refractivity contribution in [2.75, 3.05) is 0 Å². The van der Waals surface area contributed by atoms with Crippen LogP contribution >= 0.6 is 0 Å². The normalized spacial score (nSPS) is 18.9. The van der Waals surface area contributed by atoms with Gasteiger partial charge in [0.15, 0.2) is 0 Å². The molecule has 0 aromatic carbocycles. The van der Waals surface area contributed by atoms with E-state index in [2.05, 4.69) is 0 Å². The SMILES string of the molecule is CC(N)CC(N)O. The van der Waals surface area contributed by atoms with Gasteiger partial charge >= 0.3 is 0 Å². The lowest BCUT2D eigenvalue weighted by Gasteiger charge is -2.05. The van der Waals surface area contributed by atoms with Crippen LogP contribution in [-0.2, 0) is 0 Å². The maximum Gasteiger partial charge on any atom is 0.103 e. The first-order valence-electron chi connectivity index (χ1n) is 2.32. The lowest BCUT2D eigenvalue weighted by molar-refractivity contribution is 0.165. The van der Waals surface area contributed by atoms with Crippen molar-refractivity contribution < 1.29 is 5.11 Å². The van der Waals surface area contributed by atoms with Crippen molar-refractivity contribution in [3.8, 4) is 0 Å². The van der Waals surface area contributed by atoms with E-state index in [4.69, 9.17) is 16.6 Å². The molecule has 0 saturated carbocycles. The molecule has 44 valence electrons. The maximum absolute atomic E-state index is 8.42. The van der Waals surface area contributed by atoms with E-state index in [9.17, 15) is 0 Å². The number of hydrogen-bond donors (Lipinski definition) is 3. The topological polar surface area (TPSA) is 72.3 Å². The summed E-state index contributed by atoms with van der Waals surface area (Å²) in [6.45, 7) is 1.80. The zero-order chi connectivity index (χ0) is 5.86. The van der Waals surface area contributed by atoms with Crippen LogP contribution in [0.4, 0.5) is 0 Å². The summed E-state index contributed by atoms with van der Waals surface area (Å²) >= 11 is 0. The van der Waals surface area contributed by atoms with Crippen molar-refractivity contribution in [3.05, 3.63) is 0 Å². The Morgan fingerprint density at radius 2 is 2.00 bits per heavy atom. The third-order valence-electron chi connectivity index (χ3n) is 0.613. The van der Waals surface area contributed by atoms with Gasteiger partial charge in [-0.05, 0) is 6.92 Å². The molecular formula is C4H12N2O. The van der Waals surface area contributed by atoms with Gasteiger partial charge in [0.2, 0.25) is 0 Å². The molecule has 7 heavy (non-hydrogen) atoms. The number of aliphatic hydroxyl groups excluding tert-OH is 1. The minimum absolute atomic E-state index is 0.000000000000000444. The predicted molar refractivity (Wildman–Crippen MR) is 28.5 cm³/mol. The molecule has 3 nitrogen and oxygen atoms in total. The Morgan fingerprint density at radius 1 is 1.57 bits per heavy atom. The highest BCUT2D eigenvalue weighted by atomic mass is 16.3. The van der Waals surface area contributed by atoms with E-state index >= 15 is 0 Å². The first kappa shape index (κ1) is 6.88. The summed E-state index contributed by atoms with van der Waals surface area (Å²) in [5.74, 6) is 0. The van der Waals surface area contributed by atoms with Gasteiger partial charge in [0, 0.05) is 12.5 Å². The minimum Gasteiger partial charge on any atom is -0.379 e. The van der Waals surface area contributed by atoms with Crippen LogP contribution < -0.4 is 11.5 Å². The molecule has 0 aliphatic rings. The molecule has 0 aromatic rings. The molecule has 0 fully saturated rings. The third kappa shape index (κ3) is 5.88. The number of rotatable bonds is 2. The van der Waals surface area contributed by atoms with Crippen molar-refractivity contribution in [1.29, 1.82) is 0 Å². The smallest absolute Gasteiger partial charge is 0.103 e. The summed E-state index contributed by atoms with van der Waals surface area (Å²) in [6.07, 6.45) is -0.278. The van der Waals surface area contributed by atoms with Crippen LogP contribution in [0.5, 0.6) is 0 Å². The summed E-state index contributed by atoms with van der Waals surface area (Å²) in [5.41, 5.74) is 10.2. The van der Waals surface area contributed by atoms with E-state index < -0.39 is 6.23 Å². The third-order valence-corrected chi connectivity index (χ3v) is 0.613. The lowest BCUT2D eigenvalue weighted by Crippen LogP contribution is -2.28. The Morgan fingerprint density at radius 3 is 2.00 bits per heavy atom. The Hall–Kier alpha value is -0.120. The van der Waals surface area contributed by atoms with Crippen molar-refractivity contribution in [1.82, 2.24) is 0 Å². The fourth-order valence-electron chi connectivity index (χ4n) is 0.381. The van der Waals surface area contributed by atoms with Crippen LogP contribution in [0.15, 0.2) is 0 Å². The molecule has 0 aliphatic heterocycles. The molecule has 2 unspecified atom stereocenters. The summed E-state index contributed by atoms with van der Waals surface area (Å²) in [5, 5.41) is 8.42. The molecule has 3 heteroatoms. The van der Waals surface area contributed by atoms with Crippen LogP contribution in [0.25, 0.3) is 0 Å². The molecule has 5 N–H and O–H groups in total. The molecule has 0 saturated heterocycles. The van der Waals surface area contributed by atoms with E-state index in [1.54, 1.807) is 6.92 Å². The largest absolute Gasteiger partial charge is 0.379 e. The molecule has 0 radical (unpaired) electrons. The highest BCUT2D eigenvalue weighted by Crippen LogP contribution is 1.85. The van der Waals surface area contributed by atoms with Crippen molar-refractivity contribution in [3.63, 3.8) is 0 Å². The van der Waals surface area contributed by atoms with Crippen molar-refractivity contribution in [2.45, 2.75) is 25.6 Å². The zero-order valence-corrected chi connectivity index (χ0v) is 4.46. The van der Waals surface area contributed by atoms with Gasteiger partial charge in [-0.3, -0.25) is 0 Å². The molecule has 0 amide bonds. The Bertz CT molecular complexity index is 39.0. The predicted octanol–water partition coefficient (Wildman–Crippen LogP) is -0.999. The number of aliphatic hydroxyl groups is 1. The van der Waals surface area contributed by atoms with Crippen LogP contribution in [-0.4, -0.2) is 17.4 Å². The molecule has 0 rings (SSSR count). The van der Waals surface area contributed by atoms with Gasteiger partial charge < -0.3 is 16.6 Å². The molecule has 0 spiro atoms. The van der Waals surface area contributed by atoms with E-state index in [1.807, 2.05) is 0 Å². The average Bonchev–Trinajstić information content (AvgIpc) is 1.27. The van der Waals surface area contributed by atoms with E-state index in [0.717, 1.165) is 0 Å². The highest BCUT2D eigenvalue weighted by molar-refractivity contribution is 4.55. The number of hydrogen-bond acceptors (Lipinski definition) is 3. The van der Waals surface area contributed by atoms with Crippen LogP contribution in [0.1, 0.15) is 13.3 Å². The zero-order valence-electron chi connectivity index (χ0n) is 4.46. The lowest BCUT2D eigenvalue weighted by atomic mass is 10.2. The Balaban J connectivity index is 2.95. The number of nitrogens with two attached hydrogens (primary N) is 2. The molecule has 2 atom stereocenters. The maximum atomic E-state index is 8.42. The van der Waals surface area contributed by atoms with Crippen molar-refractivity contribution in [2.24, 2.45) is 11.5 Å². The van der Waals surface area contributed by atoms with E-state index in [-0.39, 0.29) is 6.04 Å². The molecule has 0 aromatic heterocycles. The summed E-state index contributed by atoms with van der Waals surface area (Å²) < 4.78 is 0. The fraction of sp³-hybridized carbons (Fsp3) is 1.00. The quantitative estimate of drug-likeness (QED) is 0.393. The van der Waals surface area contributed by atoms with Gasteiger partial charge in [-0.15, -0.1) is 0 Å². The fourth-order valence-corrected chi connectivity index (χ4v) is 0.381. The van der Waals surface area contributed by atoms with Crippen LogP contribution in [0.3, 0.4) is 0 Å². The second kappa shape index (κ2) is 2.96. The van der Waals surface area contributed by atoms with Crippen molar-refractivity contribution >= 4 is 0 Å². The minimum atomic E-state index is -0.750. The van der Waals surface area contributed by atoms with Gasteiger partial charge in [-0.1, -0.05) is 0 Å². The van der Waals surface area contributed by atoms with Crippen LogP contribution in [0, 0.1) is 0 Å². The Kier molecular flexibility index (Phi) is 2.91. The summed E-state index contributed by atoms with van der Waals surface area (Å²) in [6, 6.07) is -0.000000000000000444. The summed E-state index contributed by atoms with van der Waals surface area (Å²) in [7, 11) is 0. The first-order chi connectivity index (χ1) is 3.13. The van der Waals surface area contributed by atoms with Crippen LogP contribution in [0.2, 0.25) is 0 Å². The van der Waals surface area contributed by atoms with Gasteiger partial charge in [0.1, 0.15) is 6.23 Å². The Labute approximate surface area is 43.3 Å². The summed E-state index contributed by atoms with van der Waals surface area (Å²) in [4.78, 5) is 0. The molecule has 0 bridgehead atoms. The highest BCUT2D eigenvalue weighted by Gasteiger charge is 1.97. The molecule has 0 heterocycles. The second-order valence-corrected chi connectivity index (χ2v) is 1.78. The first-order valence-corrected chi connectivity index (χ1v) is 2.32. The van der Waals surface area contributed by atoms with E-state index in [1.165, 1.54) is 0 Å². The molecular weight excluding hydrogens is 92.1 g/mol. The van der Waals surface area contributed by atoms with Gasteiger partial charge in [-0.2, -0.15) is 0 Å². The molecule has 0 aliphatic carbocycles. The van der Waals surface area contributed by atoms with Gasteiger partial charge in [0.05, 0.1) is 0 Å². The van der Waals surface area contributed by atoms with Gasteiger partial charge in [-0.25, -0.2) is 0 Å². The second-order valence-electron chi connectivity index (χ2n) is 1.78. The average molecular weight is 104 g/mol. The van der Waals surface area contributed by atoms with E-state index in [0.29, 0.717) is 6.42 Å². The monoisotopic (exact) mass is 104 g/mol. The van der Waals surface area contributed by atoms with Gasteiger partial charge in [0.25, 0.3) is 0 Å².